The van der Waals surface area contributed by atoms with Gasteiger partial charge >= 0.3 is 0 Å². The molecule has 0 saturated heterocycles. The van der Waals surface area contributed by atoms with Crippen LogP contribution in [0.2, 0.25) is 0 Å². The third kappa shape index (κ3) is 1.07. The van der Waals surface area contributed by atoms with E-state index in [1.54, 1.807) is 6.20 Å². The Kier molecular flexibility index (Phi) is 1.85. The molecule has 0 spiro atoms. The molecule has 0 atom stereocenters. The monoisotopic (exact) mass is 140 g/mol. The lowest BCUT2D eigenvalue weighted by atomic mass is 10.2. The van der Waals surface area contributed by atoms with Crippen molar-refractivity contribution in [2.75, 3.05) is 5.73 Å². The molecule has 0 saturated carbocycles. The lowest BCUT2D eigenvalue weighted by Gasteiger charge is -2.01. The summed E-state index contributed by atoms with van der Waals surface area (Å²) in [6, 6.07) is 0. The summed E-state index contributed by atoms with van der Waals surface area (Å²) in [5.41, 5.74) is 7.33. The van der Waals surface area contributed by atoms with Crippen LogP contribution < -0.4 is 5.73 Å². The van der Waals surface area contributed by atoms with Gasteiger partial charge in [-0.1, -0.05) is 0 Å². The Hall–Kier alpha value is -1.12. The molecule has 0 aromatic carbocycles. The van der Waals surface area contributed by atoms with E-state index < -0.39 is 6.67 Å². The number of hydrogen-bond acceptors (Lipinski definition) is 2. The molecule has 1 heterocycles. The smallest absolute Gasteiger partial charge is 0.118 e. The first-order chi connectivity index (χ1) is 4.75. The van der Waals surface area contributed by atoms with E-state index in [4.69, 9.17) is 5.73 Å². The summed E-state index contributed by atoms with van der Waals surface area (Å²) in [5, 5.41) is 0. The van der Waals surface area contributed by atoms with Crippen LogP contribution in [0.3, 0.4) is 0 Å². The third-order valence-electron chi connectivity index (χ3n) is 1.41. The number of rotatable bonds is 1. The van der Waals surface area contributed by atoms with Crippen LogP contribution in [0.15, 0.2) is 12.4 Å². The van der Waals surface area contributed by atoms with Gasteiger partial charge < -0.3 is 5.73 Å². The fourth-order valence-electron chi connectivity index (χ4n) is 0.738. The number of pyridine rings is 1. The van der Waals surface area contributed by atoms with Gasteiger partial charge in [0.15, 0.2) is 0 Å². The lowest BCUT2D eigenvalue weighted by Crippen LogP contribution is -1.96. The van der Waals surface area contributed by atoms with Crippen molar-refractivity contribution in [2.45, 2.75) is 13.6 Å². The largest absolute Gasteiger partial charge is 0.398 e. The maximum atomic E-state index is 12.0. The Labute approximate surface area is 58.9 Å². The van der Waals surface area contributed by atoms with E-state index in [1.165, 1.54) is 6.20 Å². The fourth-order valence-corrected chi connectivity index (χ4v) is 0.738. The fraction of sp³-hybridized carbons (Fsp3) is 0.286. The van der Waals surface area contributed by atoms with Crippen LogP contribution in [0, 0.1) is 6.92 Å². The van der Waals surface area contributed by atoms with Crippen LogP contribution in [0.5, 0.6) is 0 Å². The van der Waals surface area contributed by atoms with E-state index in [2.05, 4.69) is 4.98 Å². The minimum atomic E-state index is -0.541. The first-order valence-electron chi connectivity index (χ1n) is 3.00. The van der Waals surface area contributed by atoms with Gasteiger partial charge in [-0.3, -0.25) is 4.98 Å². The van der Waals surface area contributed by atoms with E-state index >= 15 is 0 Å². The number of halogens is 1. The molecule has 10 heavy (non-hydrogen) atoms. The standard InChI is InChI=1S/C7H9FN2/c1-5-3-10-4-6(2-8)7(5)9/h3-4H,2H2,1H3,(H2,9,10). The van der Waals surface area contributed by atoms with Crippen LogP contribution in [0.4, 0.5) is 10.1 Å². The van der Waals surface area contributed by atoms with Crippen molar-refractivity contribution < 1.29 is 4.39 Å². The average molecular weight is 140 g/mol. The van der Waals surface area contributed by atoms with E-state index in [0.29, 0.717) is 11.3 Å². The third-order valence-corrected chi connectivity index (χ3v) is 1.41. The number of hydrogen-bond donors (Lipinski definition) is 1. The number of alkyl halides is 1. The van der Waals surface area contributed by atoms with Gasteiger partial charge in [-0.15, -0.1) is 0 Å². The van der Waals surface area contributed by atoms with Crippen LogP contribution in [-0.4, -0.2) is 4.98 Å². The summed E-state index contributed by atoms with van der Waals surface area (Å²) < 4.78 is 12.0. The highest BCUT2D eigenvalue weighted by Crippen LogP contribution is 2.14. The van der Waals surface area contributed by atoms with Crippen molar-refractivity contribution in [3.8, 4) is 0 Å². The van der Waals surface area contributed by atoms with Gasteiger partial charge in [0.05, 0.1) is 0 Å². The van der Waals surface area contributed by atoms with Gasteiger partial charge in [0.25, 0.3) is 0 Å². The lowest BCUT2D eigenvalue weighted by molar-refractivity contribution is 0.485. The van der Waals surface area contributed by atoms with Crippen molar-refractivity contribution in [1.29, 1.82) is 0 Å². The van der Waals surface area contributed by atoms with Crippen molar-refractivity contribution in [3.05, 3.63) is 23.5 Å². The Balaban J connectivity index is 3.14. The molecule has 0 bridgehead atoms. The second-order valence-electron chi connectivity index (χ2n) is 2.16. The van der Waals surface area contributed by atoms with Crippen molar-refractivity contribution in [1.82, 2.24) is 4.98 Å². The SMILES string of the molecule is Cc1cncc(CF)c1N. The molecule has 1 rings (SSSR count). The number of nitrogens with zero attached hydrogens (tertiary/aromatic N) is 1. The Morgan fingerprint density at radius 1 is 1.60 bits per heavy atom. The normalized spacial score (nSPS) is 9.80. The van der Waals surface area contributed by atoms with E-state index in [1.807, 2.05) is 6.92 Å². The van der Waals surface area contributed by atoms with E-state index in [0.717, 1.165) is 5.56 Å². The van der Waals surface area contributed by atoms with E-state index in [-0.39, 0.29) is 0 Å². The molecule has 2 N–H and O–H groups in total. The maximum absolute atomic E-state index is 12.0. The molecule has 2 nitrogen and oxygen atoms in total. The molecule has 1 aromatic rings. The number of nitrogens with two attached hydrogens (primary N) is 1. The topological polar surface area (TPSA) is 38.9 Å². The van der Waals surface area contributed by atoms with Crippen LogP contribution in [0.25, 0.3) is 0 Å². The predicted molar refractivity (Wildman–Crippen MR) is 38.2 cm³/mol. The summed E-state index contributed by atoms with van der Waals surface area (Å²) in [6.07, 6.45) is 3.07. The molecule has 0 amide bonds. The zero-order chi connectivity index (χ0) is 7.56. The molecular weight excluding hydrogens is 131 g/mol. The van der Waals surface area contributed by atoms with Crippen LogP contribution >= 0.6 is 0 Å². The molecular formula is C7H9FN2. The van der Waals surface area contributed by atoms with Crippen LogP contribution in [-0.2, 0) is 6.67 Å². The van der Waals surface area contributed by atoms with Crippen molar-refractivity contribution in [2.24, 2.45) is 0 Å². The van der Waals surface area contributed by atoms with E-state index in [9.17, 15) is 4.39 Å². The van der Waals surface area contributed by atoms with Crippen molar-refractivity contribution in [3.63, 3.8) is 0 Å². The Morgan fingerprint density at radius 2 is 2.30 bits per heavy atom. The quantitative estimate of drug-likeness (QED) is 0.641. The summed E-state index contributed by atoms with van der Waals surface area (Å²) in [6.45, 7) is 1.27. The summed E-state index contributed by atoms with van der Waals surface area (Å²) in [7, 11) is 0. The molecule has 0 aliphatic heterocycles. The zero-order valence-electron chi connectivity index (χ0n) is 5.76. The average Bonchev–Trinajstić information content (AvgIpc) is 1.95. The Bertz CT molecular complexity index is 235. The van der Waals surface area contributed by atoms with Gasteiger partial charge in [0.1, 0.15) is 6.67 Å². The molecule has 0 radical (unpaired) electrons. The highest BCUT2D eigenvalue weighted by atomic mass is 19.1. The first-order valence-corrected chi connectivity index (χ1v) is 3.00. The second-order valence-corrected chi connectivity index (χ2v) is 2.16. The highest BCUT2D eigenvalue weighted by Gasteiger charge is 1.99. The van der Waals surface area contributed by atoms with Crippen molar-refractivity contribution >= 4 is 5.69 Å². The molecule has 0 unspecified atom stereocenters. The molecule has 0 fully saturated rings. The molecule has 3 heteroatoms. The number of aryl methyl sites for hydroxylation is 1. The maximum Gasteiger partial charge on any atom is 0.118 e. The number of nitrogen functional groups attached to an aromatic ring is 1. The van der Waals surface area contributed by atoms with Gasteiger partial charge in [0, 0.05) is 23.6 Å². The van der Waals surface area contributed by atoms with Gasteiger partial charge in [-0.2, -0.15) is 0 Å². The molecule has 1 aromatic heterocycles. The minimum Gasteiger partial charge on any atom is -0.398 e. The summed E-state index contributed by atoms with van der Waals surface area (Å²) in [5.74, 6) is 0. The number of anilines is 1. The van der Waals surface area contributed by atoms with Gasteiger partial charge in [-0.05, 0) is 12.5 Å². The van der Waals surface area contributed by atoms with Crippen LogP contribution in [0.1, 0.15) is 11.1 Å². The summed E-state index contributed by atoms with van der Waals surface area (Å²) in [4.78, 5) is 3.80. The first kappa shape index (κ1) is 6.99. The second kappa shape index (κ2) is 2.64. The highest BCUT2D eigenvalue weighted by molar-refractivity contribution is 5.50. The Morgan fingerprint density at radius 3 is 2.80 bits per heavy atom. The molecule has 0 aliphatic carbocycles. The summed E-state index contributed by atoms with van der Waals surface area (Å²) >= 11 is 0. The van der Waals surface area contributed by atoms with Gasteiger partial charge in [-0.25, -0.2) is 4.39 Å². The molecule has 0 aliphatic rings. The van der Waals surface area contributed by atoms with Gasteiger partial charge in [0.2, 0.25) is 0 Å². The number of aromatic nitrogens is 1. The molecule has 54 valence electrons. The zero-order valence-corrected chi connectivity index (χ0v) is 5.76. The predicted octanol–water partition coefficient (Wildman–Crippen LogP) is 1.44. The minimum absolute atomic E-state index is 0.472.